The molecule has 8 heteroatoms. The summed E-state index contributed by atoms with van der Waals surface area (Å²) < 4.78 is 17.7. The normalized spacial score (nSPS) is 21.7. The van der Waals surface area contributed by atoms with Crippen molar-refractivity contribution in [3.8, 4) is 0 Å². The molecule has 178 valence electrons. The molecule has 2 aliphatic heterocycles. The minimum atomic E-state index is 0. The van der Waals surface area contributed by atoms with Crippen molar-refractivity contribution in [2.75, 3.05) is 53.0 Å². The largest absolute Gasteiger partial charge is 0.468 e. The number of nitrogens with one attached hydrogen (secondary N) is 1. The van der Waals surface area contributed by atoms with Gasteiger partial charge in [-0.25, -0.2) is 0 Å². The molecule has 2 atom stereocenters. The van der Waals surface area contributed by atoms with E-state index in [1.54, 1.807) is 6.26 Å². The van der Waals surface area contributed by atoms with Crippen LogP contribution in [-0.2, 0) is 9.47 Å². The highest BCUT2D eigenvalue weighted by molar-refractivity contribution is 14.0. The van der Waals surface area contributed by atoms with Crippen LogP contribution in [0, 0.1) is 0 Å². The van der Waals surface area contributed by atoms with Crippen LogP contribution in [0.4, 0.5) is 0 Å². The van der Waals surface area contributed by atoms with Crippen LogP contribution < -0.4 is 5.32 Å². The van der Waals surface area contributed by atoms with Gasteiger partial charge in [0.05, 0.1) is 31.1 Å². The average Bonchev–Trinajstić information content (AvgIpc) is 3.33. The van der Waals surface area contributed by atoms with Gasteiger partial charge in [-0.15, -0.1) is 24.0 Å². The van der Waals surface area contributed by atoms with Crippen LogP contribution in [0.5, 0.6) is 0 Å². The lowest BCUT2D eigenvalue weighted by molar-refractivity contribution is -0.0721. The van der Waals surface area contributed by atoms with Gasteiger partial charge in [0.2, 0.25) is 0 Å². The number of ether oxygens (including phenoxy) is 2. The average molecular weight is 549 g/mol. The number of likely N-dealkylation sites (tertiary alicyclic amines) is 1. The molecule has 3 heterocycles. The lowest BCUT2D eigenvalue weighted by atomic mass is 10.1. The molecule has 0 saturated carbocycles. The van der Waals surface area contributed by atoms with E-state index in [2.05, 4.69) is 40.0 Å². The van der Waals surface area contributed by atoms with Gasteiger partial charge >= 0.3 is 0 Å². The zero-order valence-corrected chi connectivity index (χ0v) is 21.8. The number of guanidine groups is 1. The minimum Gasteiger partial charge on any atom is -0.468 e. The van der Waals surface area contributed by atoms with Crippen LogP contribution in [0.3, 0.4) is 0 Å². The smallest absolute Gasteiger partial charge is 0.193 e. The van der Waals surface area contributed by atoms with Gasteiger partial charge in [-0.2, -0.15) is 0 Å². The lowest BCUT2D eigenvalue weighted by Crippen LogP contribution is -2.49. The number of furan rings is 1. The molecule has 2 saturated heterocycles. The molecule has 31 heavy (non-hydrogen) atoms. The third-order valence-electron chi connectivity index (χ3n) is 6.32. The van der Waals surface area contributed by atoms with Gasteiger partial charge < -0.3 is 24.1 Å². The van der Waals surface area contributed by atoms with Crippen LogP contribution in [0.25, 0.3) is 0 Å². The summed E-state index contributed by atoms with van der Waals surface area (Å²) in [5, 5.41) is 3.59. The van der Waals surface area contributed by atoms with Crippen LogP contribution in [0.15, 0.2) is 27.8 Å². The summed E-state index contributed by atoms with van der Waals surface area (Å²) in [7, 11) is 1.87. The standard InChI is InChI=1S/C23H40N4O3.HI/c1-4-26(5-2)21(22-10-8-16-29-22)17-25-23(24-3)27-13-11-19(12-14-27)30-18-20-9-6-7-15-28-20;/h8,10,16,19-21H,4-7,9,11-15,17-18H2,1-3H3,(H,24,25);1H. The predicted molar refractivity (Wildman–Crippen MR) is 135 cm³/mol. The quantitative estimate of drug-likeness (QED) is 0.287. The van der Waals surface area contributed by atoms with Gasteiger partial charge in [-0.1, -0.05) is 13.8 Å². The van der Waals surface area contributed by atoms with Crippen molar-refractivity contribution in [3.63, 3.8) is 0 Å². The molecule has 7 nitrogen and oxygen atoms in total. The lowest BCUT2D eigenvalue weighted by Gasteiger charge is -2.36. The second kappa shape index (κ2) is 14.3. The third-order valence-corrected chi connectivity index (χ3v) is 6.32. The molecule has 1 aromatic rings. The molecule has 2 unspecified atom stereocenters. The van der Waals surface area contributed by atoms with Crippen LogP contribution in [0.2, 0.25) is 0 Å². The summed E-state index contributed by atoms with van der Waals surface area (Å²) in [4.78, 5) is 9.30. The highest BCUT2D eigenvalue weighted by Gasteiger charge is 2.26. The van der Waals surface area contributed by atoms with Gasteiger partial charge in [0, 0.05) is 33.3 Å². The molecule has 2 aliphatic rings. The first-order valence-corrected chi connectivity index (χ1v) is 11.7. The van der Waals surface area contributed by atoms with E-state index < -0.39 is 0 Å². The second-order valence-electron chi connectivity index (χ2n) is 8.19. The predicted octanol–water partition coefficient (Wildman–Crippen LogP) is 3.91. The van der Waals surface area contributed by atoms with E-state index in [0.29, 0.717) is 12.2 Å². The fourth-order valence-electron chi connectivity index (χ4n) is 4.49. The Morgan fingerprint density at radius 2 is 2.03 bits per heavy atom. The number of aliphatic imine (C=N–C) groups is 1. The summed E-state index contributed by atoms with van der Waals surface area (Å²) in [5.74, 6) is 1.96. The summed E-state index contributed by atoms with van der Waals surface area (Å²) in [6.45, 7) is 10.7. The van der Waals surface area contributed by atoms with Gasteiger partial charge in [0.15, 0.2) is 5.96 Å². The number of hydrogen-bond donors (Lipinski definition) is 1. The van der Waals surface area contributed by atoms with Crippen molar-refractivity contribution in [2.24, 2.45) is 4.99 Å². The molecule has 1 N–H and O–H groups in total. The van der Waals surface area contributed by atoms with E-state index in [1.165, 1.54) is 12.8 Å². The molecule has 0 bridgehead atoms. The summed E-state index contributed by atoms with van der Waals surface area (Å²) in [6.07, 6.45) is 8.04. The Hall–Kier alpha value is -0.840. The molecule has 0 radical (unpaired) electrons. The summed E-state index contributed by atoms with van der Waals surface area (Å²) in [5.41, 5.74) is 0. The maximum atomic E-state index is 6.16. The highest BCUT2D eigenvalue weighted by atomic mass is 127. The van der Waals surface area contributed by atoms with Gasteiger partial charge in [-0.05, 0) is 57.3 Å². The van der Waals surface area contributed by atoms with E-state index in [-0.39, 0.29) is 30.0 Å². The zero-order valence-electron chi connectivity index (χ0n) is 19.4. The third kappa shape index (κ3) is 7.91. The van der Waals surface area contributed by atoms with Gasteiger partial charge in [0.1, 0.15) is 5.76 Å². The van der Waals surface area contributed by atoms with Crippen molar-refractivity contribution in [1.29, 1.82) is 0 Å². The first kappa shape index (κ1) is 26.4. The molecule has 3 rings (SSSR count). The number of likely N-dealkylation sites (N-methyl/N-ethyl adjacent to an activating group) is 1. The number of nitrogens with zero attached hydrogens (tertiary/aromatic N) is 3. The van der Waals surface area contributed by atoms with Crippen molar-refractivity contribution < 1.29 is 13.9 Å². The molecule has 2 fully saturated rings. The Kier molecular flexibility index (Phi) is 12.2. The number of rotatable bonds is 9. The van der Waals surface area contributed by atoms with Crippen molar-refractivity contribution in [1.82, 2.24) is 15.1 Å². The Morgan fingerprint density at radius 1 is 1.26 bits per heavy atom. The van der Waals surface area contributed by atoms with E-state index in [9.17, 15) is 0 Å². The van der Waals surface area contributed by atoms with Crippen molar-refractivity contribution in [2.45, 2.75) is 64.2 Å². The molecular formula is C23H41IN4O3. The van der Waals surface area contributed by atoms with Crippen molar-refractivity contribution >= 4 is 29.9 Å². The topological polar surface area (TPSA) is 62.5 Å². The van der Waals surface area contributed by atoms with E-state index in [4.69, 9.17) is 13.9 Å². The Balaban J connectivity index is 0.00000341. The second-order valence-corrected chi connectivity index (χ2v) is 8.19. The summed E-state index contributed by atoms with van der Waals surface area (Å²) in [6, 6.07) is 4.22. The maximum Gasteiger partial charge on any atom is 0.193 e. The Morgan fingerprint density at radius 3 is 2.61 bits per heavy atom. The summed E-state index contributed by atoms with van der Waals surface area (Å²) >= 11 is 0. The molecule has 0 aliphatic carbocycles. The number of piperidine rings is 1. The monoisotopic (exact) mass is 548 g/mol. The SMILES string of the molecule is CCN(CC)C(CNC(=NC)N1CCC(OCC2CCCCO2)CC1)c1ccco1.I. The number of halogens is 1. The highest BCUT2D eigenvalue weighted by Crippen LogP contribution is 2.21. The molecule has 0 aromatic carbocycles. The molecule has 0 spiro atoms. The van der Waals surface area contributed by atoms with Crippen LogP contribution in [0.1, 0.15) is 57.8 Å². The molecular weight excluding hydrogens is 507 g/mol. The Labute approximate surface area is 204 Å². The van der Waals surface area contributed by atoms with Crippen molar-refractivity contribution in [3.05, 3.63) is 24.2 Å². The zero-order chi connectivity index (χ0) is 21.2. The fraction of sp³-hybridized carbons (Fsp3) is 0.783. The van der Waals surface area contributed by atoms with Gasteiger partial charge in [0.25, 0.3) is 0 Å². The van der Waals surface area contributed by atoms with E-state index in [0.717, 1.165) is 76.9 Å². The van der Waals surface area contributed by atoms with Gasteiger partial charge in [-0.3, -0.25) is 9.89 Å². The van der Waals surface area contributed by atoms with Crippen LogP contribution >= 0.6 is 24.0 Å². The molecule has 1 aromatic heterocycles. The first-order chi connectivity index (χ1) is 14.7. The first-order valence-electron chi connectivity index (χ1n) is 11.7. The van der Waals surface area contributed by atoms with E-state index in [1.807, 2.05) is 13.1 Å². The van der Waals surface area contributed by atoms with E-state index >= 15 is 0 Å². The molecule has 0 amide bonds. The van der Waals surface area contributed by atoms with Crippen LogP contribution in [-0.4, -0.2) is 81.0 Å². The minimum absolute atomic E-state index is 0. The maximum absolute atomic E-state index is 6.16. The fourth-order valence-corrected chi connectivity index (χ4v) is 4.49. The number of hydrogen-bond acceptors (Lipinski definition) is 5. The Bertz CT molecular complexity index is 610.